The third-order valence-electron chi connectivity index (χ3n) is 2.30. The summed E-state index contributed by atoms with van der Waals surface area (Å²) in [7, 11) is 1.89. The summed E-state index contributed by atoms with van der Waals surface area (Å²) in [5.74, 6) is 0. The fourth-order valence-electron chi connectivity index (χ4n) is 1.44. The zero-order chi connectivity index (χ0) is 13.0. The fraction of sp³-hybridized carbons (Fsp3) is 0.167. The fourth-order valence-corrected chi connectivity index (χ4v) is 1.89. The average molecular weight is 325 g/mol. The predicted molar refractivity (Wildman–Crippen MR) is 80.4 cm³/mol. The van der Waals surface area contributed by atoms with Crippen molar-refractivity contribution < 1.29 is 0 Å². The molecule has 2 rings (SSSR count). The Morgan fingerprint density at radius 3 is 2.67 bits per heavy atom. The zero-order valence-electron chi connectivity index (χ0n) is 9.85. The van der Waals surface area contributed by atoms with Gasteiger partial charge in [0, 0.05) is 23.4 Å². The second kappa shape index (κ2) is 5.97. The third kappa shape index (κ3) is 3.82. The molecule has 0 aliphatic rings. The van der Waals surface area contributed by atoms with E-state index in [2.05, 4.69) is 31.7 Å². The SMILES string of the molecule is Cn1ccc(CNC(=S)Nc2ccc(Br)cc2)n1. The van der Waals surface area contributed by atoms with Crippen molar-refractivity contribution in [2.45, 2.75) is 6.54 Å². The Hall–Kier alpha value is -1.40. The third-order valence-corrected chi connectivity index (χ3v) is 3.08. The largest absolute Gasteiger partial charge is 0.357 e. The molecular formula is C12H13BrN4S. The van der Waals surface area contributed by atoms with Crippen molar-refractivity contribution in [2.75, 3.05) is 5.32 Å². The molecule has 0 atom stereocenters. The van der Waals surface area contributed by atoms with Crippen LogP contribution in [-0.4, -0.2) is 14.9 Å². The van der Waals surface area contributed by atoms with Crippen LogP contribution in [0.15, 0.2) is 41.0 Å². The molecular weight excluding hydrogens is 312 g/mol. The van der Waals surface area contributed by atoms with Crippen LogP contribution >= 0.6 is 28.1 Å². The molecule has 0 saturated carbocycles. The zero-order valence-corrected chi connectivity index (χ0v) is 12.3. The molecule has 6 heteroatoms. The van der Waals surface area contributed by atoms with Crippen LogP contribution in [0.25, 0.3) is 0 Å². The number of hydrogen-bond acceptors (Lipinski definition) is 2. The van der Waals surface area contributed by atoms with Crippen LogP contribution in [0.4, 0.5) is 5.69 Å². The molecule has 1 heterocycles. The number of hydrogen-bond donors (Lipinski definition) is 2. The van der Waals surface area contributed by atoms with Gasteiger partial charge < -0.3 is 10.6 Å². The molecule has 18 heavy (non-hydrogen) atoms. The van der Waals surface area contributed by atoms with E-state index in [1.54, 1.807) is 4.68 Å². The van der Waals surface area contributed by atoms with Crippen LogP contribution in [0, 0.1) is 0 Å². The predicted octanol–water partition coefficient (Wildman–Crippen LogP) is 2.67. The maximum Gasteiger partial charge on any atom is 0.171 e. The van der Waals surface area contributed by atoms with Gasteiger partial charge in [0.25, 0.3) is 0 Å². The van der Waals surface area contributed by atoms with Crippen LogP contribution < -0.4 is 10.6 Å². The van der Waals surface area contributed by atoms with Gasteiger partial charge >= 0.3 is 0 Å². The molecule has 0 bridgehead atoms. The molecule has 0 radical (unpaired) electrons. The van der Waals surface area contributed by atoms with Gasteiger partial charge in [0.2, 0.25) is 0 Å². The van der Waals surface area contributed by atoms with Gasteiger partial charge in [-0.1, -0.05) is 15.9 Å². The highest BCUT2D eigenvalue weighted by atomic mass is 79.9. The number of halogens is 1. The summed E-state index contributed by atoms with van der Waals surface area (Å²) >= 11 is 8.59. The molecule has 1 aromatic carbocycles. The number of benzene rings is 1. The molecule has 2 aromatic rings. The first kappa shape index (κ1) is 13.0. The van der Waals surface area contributed by atoms with Gasteiger partial charge in [0.05, 0.1) is 12.2 Å². The lowest BCUT2D eigenvalue weighted by atomic mass is 10.3. The Morgan fingerprint density at radius 1 is 1.33 bits per heavy atom. The monoisotopic (exact) mass is 324 g/mol. The highest BCUT2D eigenvalue weighted by molar-refractivity contribution is 9.10. The van der Waals surface area contributed by atoms with Gasteiger partial charge in [-0.05, 0) is 42.5 Å². The maximum atomic E-state index is 5.21. The highest BCUT2D eigenvalue weighted by Gasteiger charge is 2.00. The highest BCUT2D eigenvalue weighted by Crippen LogP contribution is 2.13. The van der Waals surface area contributed by atoms with Gasteiger partial charge in [-0.2, -0.15) is 5.10 Å². The molecule has 1 aromatic heterocycles. The molecule has 0 amide bonds. The smallest absolute Gasteiger partial charge is 0.171 e. The lowest BCUT2D eigenvalue weighted by Gasteiger charge is -2.09. The van der Waals surface area contributed by atoms with Crippen molar-refractivity contribution in [3.8, 4) is 0 Å². The molecule has 0 aliphatic heterocycles. The van der Waals surface area contributed by atoms with E-state index in [1.807, 2.05) is 43.6 Å². The van der Waals surface area contributed by atoms with Gasteiger partial charge in [-0.3, -0.25) is 4.68 Å². The first-order valence-electron chi connectivity index (χ1n) is 5.42. The maximum absolute atomic E-state index is 5.21. The molecule has 0 aliphatic carbocycles. The number of nitrogens with zero attached hydrogens (tertiary/aromatic N) is 2. The van der Waals surface area contributed by atoms with Gasteiger partial charge in [0.1, 0.15) is 0 Å². The topological polar surface area (TPSA) is 41.9 Å². The number of anilines is 1. The minimum Gasteiger partial charge on any atom is -0.357 e. The van der Waals surface area contributed by atoms with E-state index in [-0.39, 0.29) is 0 Å². The minimum atomic E-state index is 0.586. The minimum absolute atomic E-state index is 0.586. The van der Waals surface area contributed by atoms with Crippen molar-refractivity contribution in [2.24, 2.45) is 7.05 Å². The van der Waals surface area contributed by atoms with Crippen molar-refractivity contribution in [1.82, 2.24) is 15.1 Å². The normalized spacial score (nSPS) is 10.1. The van der Waals surface area contributed by atoms with E-state index in [0.717, 1.165) is 15.9 Å². The lowest BCUT2D eigenvalue weighted by Crippen LogP contribution is -2.28. The summed E-state index contributed by atoms with van der Waals surface area (Å²) in [5.41, 5.74) is 1.91. The van der Waals surface area contributed by atoms with Crippen LogP contribution in [0.3, 0.4) is 0 Å². The Bertz CT molecular complexity index is 535. The average Bonchev–Trinajstić information content (AvgIpc) is 2.76. The Morgan fingerprint density at radius 2 is 2.06 bits per heavy atom. The number of thiocarbonyl (C=S) groups is 1. The first-order chi connectivity index (χ1) is 8.63. The van der Waals surface area contributed by atoms with E-state index in [0.29, 0.717) is 11.7 Å². The van der Waals surface area contributed by atoms with Gasteiger partial charge in [-0.25, -0.2) is 0 Å². The summed E-state index contributed by atoms with van der Waals surface area (Å²) in [6.45, 7) is 0.614. The van der Waals surface area contributed by atoms with Gasteiger partial charge in [0.15, 0.2) is 5.11 Å². The lowest BCUT2D eigenvalue weighted by molar-refractivity contribution is 0.731. The number of aryl methyl sites for hydroxylation is 1. The van der Waals surface area contributed by atoms with Crippen molar-refractivity contribution in [3.05, 3.63) is 46.7 Å². The summed E-state index contributed by atoms with van der Waals surface area (Å²) in [5, 5.41) is 11.1. The quantitative estimate of drug-likeness (QED) is 0.852. The molecule has 0 saturated heterocycles. The van der Waals surface area contributed by atoms with E-state index < -0.39 is 0 Å². The Kier molecular flexibility index (Phi) is 4.33. The Labute approximate surface area is 120 Å². The summed E-state index contributed by atoms with van der Waals surface area (Å²) in [4.78, 5) is 0. The van der Waals surface area contributed by atoms with Crippen molar-refractivity contribution in [3.63, 3.8) is 0 Å². The molecule has 0 spiro atoms. The van der Waals surface area contributed by atoms with Crippen LogP contribution in [-0.2, 0) is 13.6 Å². The van der Waals surface area contributed by atoms with E-state index >= 15 is 0 Å². The van der Waals surface area contributed by atoms with Crippen molar-refractivity contribution >= 4 is 38.9 Å². The Balaban J connectivity index is 1.83. The first-order valence-corrected chi connectivity index (χ1v) is 6.62. The summed E-state index contributed by atoms with van der Waals surface area (Å²) in [6, 6.07) is 9.79. The van der Waals surface area contributed by atoms with E-state index in [4.69, 9.17) is 12.2 Å². The van der Waals surface area contributed by atoms with Crippen LogP contribution in [0.2, 0.25) is 0 Å². The molecule has 0 unspecified atom stereocenters. The number of aromatic nitrogens is 2. The second-order valence-electron chi connectivity index (χ2n) is 3.80. The standard InChI is InChI=1S/C12H13BrN4S/c1-17-7-6-11(16-17)8-14-12(18)15-10-4-2-9(13)3-5-10/h2-7H,8H2,1H3,(H2,14,15,18). The summed E-state index contributed by atoms with van der Waals surface area (Å²) < 4.78 is 2.81. The van der Waals surface area contributed by atoms with E-state index in [1.165, 1.54) is 0 Å². The molecule has 4 nitrogen and oxygen atoms in total. The molecule has 0 fully saturated rings. The summed E-state index contributed by atoms with van der Waals surface area (Å²) in [6.07, 6.45) is 1.90. The molecule has 2 N–H and O–H groups in total. The van der Waals surface area contributed by atoms with Crippen LogP contribution in [0.1, 0.15) is 5.69 Å². The van der Waals surface area contributed by atoms with Crippen LogP contribution in [0.5, 0.6) is 0 Å². The second-order valence-corrected chi connectivity index (χ2v) is 5.12. The number of nitrogens with one attached hydrogen (secondary N) is 2. The van der Waals surface area contributed by atoms with E-state index in [9.17, 15) is 0 Å². The number of rotatable bonds is 3. The molecule has 94 valence electrons. The van der Waals surface area contributed by atoms with Crippen molar-refractivity contribution in [1.29, 1.82) is 0 Å². The van der Waals surface area contributed by atoms with Gasteiger partial charge in [-0.15, -0.1) is 0 Å².